The molecule has 2 nitrogen and oxygen atoms in total. The van der Waals surface area contributed by atoms with E-state index in [1.807, 2.05) is 0 Å². The molecule has 0 saturated heterocycles. The lowest BCUT2D eigenvalue weighted by molar-refractivity contribution is -0.150. The second-order valence-electron chi connectivity index (χ2n) is 4.09. The standard InChI is InChI=1S/C11H24O2/c1-3-4-5-6-7-8-9-10-11(2,12)13/h12-13H,3-10H2,1-2H3. The molecule has 0 aliphatic heterocycles. The lowest BCUT2D eigenvalue weighted by Crippen LogP contribution is -2.22. The summed E-state index contributed by atoms with van der Waals surface area (Å²) < 4.78 is 0. The van der Waals surface area contributed by atoms with Gasteiger partial charge in [0.1, 0.15) is 0 Å². The monoisotopic (exact) mass is 188 g/mol. The van der Waals surface area contributed by atoms with Crippen molar-refractivity contribution in [2.75, 3.05) is 0 Å². The van der Waals surface area contributed by atoms with Gasteiger partial charge in [-0.2, -0.15) is 0 Å². The van der Waals surface area contributed by atoms with Crippen LogP contribution in [-0.2, 0) is 0 Å². The smallest absolute Gasteiger partial charge is 0.159 e. The summed E-state index contributed by atoms with van der Waals surface area (Å²) in [5, 5.41) is 18.0. The topological polar surface area (TPSA) is 40.5 Å². The molecule has 0 aliphatic carbocycles. The lowest BCUT2D eigenvalue weighted by Gasteiger charge is -2.14. The third kappa shape index (κ3) is 11.9. The Kier molecular flexibility index (Phi) is 7.29. The molecule has 0 radical (unpaired) electrons. The molecule has 0 amide bonds. The molecule has 0 aliphatic rings. The average Bonchev–Trinajstić information content (AvgIpc) is 2.01. The molecule has 0 aromatic heterocycles. The Morgan fingerprint density at radius 1 is 0.846 bits per heavy atom. The maximum atomic E-state index is 9.01. The summed E-state index contributed by atoms with van der Waals surface area (Å²) in [7, 11) is 0. The summed E-state index contributed by atoms with van der Waals surface area (Å²) in [6.45, 7) is 3.66. The Bertz CT molecular complexity index is 105. The summed E-state index contributed by atoms with van der Waals surface area (Å²) in [4.78, 5) is 0. The van der Waals surface area contributed by atoms with Gasteiger partial charge < -0.3 is 10.2 Å². The second-order valence-corrected chi connectivity index (χ2v) is 4.09. The van der Waals surface area contributed by atoms with Gasteiger partial charge in [-0.15, -0.1) is 0 Å². The molecule has 2 heteroatoms. The molecule has 0 saturated carbocycles. The first kappa shape index (κ1) is 12.9. The van der Waals surface area contributed by atoms with Gasteiger partial charge in [0, 0.05) is 6.42 Å². The van der Waals surface area contributed by atoms with Crippen LogP contribution in [0.5, 0.6) is 0 Å². The molecule has 0 unspecified atom stereocenters. The fourth-order valence-corrected chi connectivity index (χ4v) is 1.42. The Balaban J connectivity index is 3.00. The maximum absolute atomic E-state index is 9.01. The first-order chi connectivity index (χ1) is 6.06. The highest BCUT2D eigenvalue weighted by Crippen LogP contribution is 2.13. The predicted molar refractivity (Wildman–Crippen MR) is 55.5 cm³/mol. The maximum Gasteiger partial charge on any atom is 0.159 e. The summed E-state index contributed by atoms with van der Waals surface area (Å²) in [6, 6.07) is 0. The predicted octanol–water partition coefficient (Wildman–Crippen LogP) is 2.83. The lowest BCUT2D eigenvalue weighted by atomic mass is 10.1. The van der Waals surface area contributed by atoms with Crippen molar-refractivity contribution < 1.29 is 10.2 Å². The summed E-state index contributed by atoms with van der Waals surface area (Å²) in [6.07, 6.45) is 9.02. The average molecular weight is 188 g/mol. The molecule has 0 fully saturated rings. The van der Waals surface area contributed by atoms with Gasteiger partial charge in [0.25, 0.3) is 0 Å². The molecule has 0 spiro atoms. The van der Waals surface area contributed by atoms with Gasteiger partial charge in [-0.1, -0.05) is 45.4 Å². The van der Waals surface area contributed by atoms with E-state index >= 15 is 0 Å². The Labute approximate surface area is 82.0 Å². The van der Waals surface area contributed by atoms with Gasteiger partial charge in [0.2, 0.25) is 0 Å². The van der Waals surface area contributed by atoms with Crippen LogP contribution in [0, 0.1) is 0 Å². The number of hydrogen-bond acceptors (Lipinski definition) is 2. The minimum atomic E-state index is -1.45. The molecule has 0 rings (SSSR count). The Morgan fingerprint density at radius 3 is 1.77 bits per heavy atom. The van der Waals surface area contributed by atoms with Gasteiger partial charge in [-0.25, -0.2) is 0 Å². The van der Waals surface area contributed by atoms with Crippen LogP contribution < -0.4 is 0 Å². The van der Waals surface area contributed by atoms with Crippen LogP contribution in [0.4, 0.5) is 0 Å². The van der Waals surface area contributed by atoms with Gasteiger partial charge in [-0.05, 0) is 13.3 Å². The molecule has 80 valence electrons. The van der Waals surface area contributed by atoms with E-state index in [-0.39, 0.29) is 0 Å². The third-order valence-electron chi connectivity index (χ3n) is 2.25. The Morgan fingerprint density at radius 2 is 1.31 bits per heavy atom. The summed E-state index contributed by atoms with van der Waals surface area (Å²) >= 11 is 0. The molecule has 0 heterocycles. The van der Waals surface area contributed by atoms with E-state index in [0.29, 0.717) is 6.42 Å². The van der Waals surface area contributed by atoms with Crippen LogP contribution in [0.3, 0.4) is 0 Å². The van der Waals surface area contributed by atoms with Gasteiger partial charge in [0.15, 0.2) is 5.79 Å². The van der Waals surface area contributed by atoms with Crippen molar-refractivity contribution in [3.05, 3.63) is 0 Å². The fourth-order valence-electron chi connectivity index (χ4n) is 1.42. The van der Waals surface area contributed by atoms with Crippen LogP contribution in [-0.4, -0.2) is 16.0 Å². The van der Waals surface area contributed by atoms with Crippen molar-refractivity contribution in [1.29, 1.82) is 0 Å². The zero-order valence-electron chi connectivity index (χ0n) is 9.05. The van der Waals surface area contributed by atoms with Crippen molar-refractivity contribution in [2.45, 2.75) is 71.0 Å². The normalized spacial score (nSPS) is 12.0. The molecule has 0 aromatic carbocycles. The highest BCUT2D eigenvalue weighted by atomic mass is 16.5. The van der Waals surface area contributed by atoms with Gasteiger partial charge in [0.05, 0.1) is 0 Å². The number of hydrogen-bond donors (Lipinski definition) is 2. The van der Waals surface area contributed by atoms with Crippen molar-refractivity contribution >= 4 is 0 Å². The summed E-state index contributed by atoms with van der Waals surface area (Å²) in [5.74, 6) is -1.45. The first-order valence-corrected chi connectivity index (χ1v) is 5.51. The van der Waals surface area contributed by atoms with Crippen LogP contribution >= 0.6 is 0 Å². The van der Waals surface area contributed by atoms with Crippen LogP contribution in [0.1, 0.15) is 65.2 Å². The highest BCUT2D eigenvalue weighted by Gasteiger charge is 2.12. The third-order valence-corrected chi connectivity index (χ3v) is 2.25. The van der Waals surface area contributed by atoms with Crippen molar-refractivity contribution in [3.8, 4) is 0 Å². The van der Waals surface area contributed by atoms with E-state index in [4.69, 9.17) is 10.2 Å². The van der Waals surface area contributed by atoms with Crippen LogP contribution in [0.2, 0.25) is 0 Å². The molecule has 0 bridgehead atoms. The fraction of sp³-hybridized carbons (Fsp3) is 1.00. The van der Waals surface area contributed by atoms with Crippen LogP contribution in [0.25, 0.3) is 0 Å². The quantitative estimate of drug-likeness (QED) is 0.454. The minimum absolute atomic E-state index is 0.501. The van der Waals surface area contributed by atoms with Crippen LogP contribution in [0.15, 0.2) is 0 Å². The Hall–Kier alpha value is -0.0800. The number of rotatable bonds is 8. The van der Waals surface area contributed by atoms with Gasteiger partial charge >= 0.3 is 0 Å². The molecular weight excluding hydrogens is 164 g/mol. The molecule has 0 atom stereocenters. The number of aliphatic hydroxyl groups is 2. The van der Waals surface area contributed by atoms with E-state index < -0.39 is 5.79 Å². The zero-order valence-corrected chi connectivity index (χ0v) is 9.05. The van der Waals surface area contributed by atoms with E-state index in [0.717, 1.165) is 12.8 Å². The van der Waals surface area contributed by atoms with E-state index in [1.54, 1.807) is 0 Å². The van der Waals surface area contributed by atoms with E-state index in [9.17, 15) is 0 Å². The van der Waals surface area contributed by atoms with Crippen molar-refractivity contribution in [2.24, 2.45) is 0 Å². The SMILES string of the molecule is CCCCCCCCCC(C)(O)O. The van der Waals surface area contributed by atoms with E-state index in [2.05, 4.69) is 6.92 Å². The van der Waals surface area contributed by atoms with Gasteiger partial charge in [-0.3, -0.25) is 0 Å². The number of unbranched alkanes of at least 4 members (excludes halogenated alkanes) is 6. The first-order valence-electron chi connectivity index (χ1n) is 5.51. The van der Waals surface area contributed by atoms with Crippen molar-refractivity contribution in [1.82, 2.24) is 0 Å². The summed E-state index contributed by atoms with van der Waals surface area (Å²) in [5.41, 5.74) is 0. The largest absolute Gasteiger partial charge is 0.366 e. The highest BCUT2D eigenvalue weighted by molar-refractivity contribution is 4.56. The zero-order chi connectivity index (χ0) is 10.2. The van der Waals surface area contributed by atoms with Crippen molar-refractivity contribution in [3.63, 3.8) is 0 Å². The van der Waals surface area contributed by atoms with E-state index in [1.165, 1.54) is 39.0 Å². The molecule has 2 N–H and O–H groups in total. The molecule has 13 heavy (non-hydrogen) atoms. The molecule has 0 aromatic rings. The minimum Gasteiger partial charge on any atom is -0.366 e. The molecular formula is C11H24O2. The second kappa shape index (κ2) is 7.34.